The topological polar surface area (TPSA) is 85.4 Å². The Morgan fingerprint density at radius 3 is 2.12 bits per heavy atom. The largest absolute Gasteiger partial charge is 0.386 e. The Hall–Kier alpha value is -2.60. The molecule has 1 amide bonds. The number of nitrogens with zero attached hydrogens (tertiary/aromatic N) is 1. The van der Waals surface area contributed by atoms with Crippen LogP contribution in [0.2, 0.25) is 0 Å². The molecule has 1 heterocycles. The van der Waals surface area contributed by atoms with Crippen molar-refractivity contribution in [1.29, 1.82) is 0 Å². The number of sulfone groups is 1. The molecule has 0 aliphatic heterocycles. The highest BCUT2D eigenvalue weighted by molar-refractivity contribution is 7.91. The SMILES string of the molecule is CC(C)(NC(=O)C(F)F)OC(CCF)c1ccc(-c2ccc(C(F)(F)S(C)(=O)=O)nc2)cc1. The maximum atomic E-state index is 13.9. The monoisotopic (exact) mass is 494 g/mol. The number of benzene rings is 1. The van der Waals surface area contributed by atoms with Gasteiger partial charge < -0.3 is 10.1 Å². The molecule has 1 unspecified atom stereocenters. The first-order chi connectivity index (χ1) is 15.2. The maximum absolute atomic E-state index is 13.9. The highest BCUT2D eigenvalue weighted by atomic mass is 32.2. The van der Waals surface area contributed by atoms with Crippen LogP contribution in [0.4, 0.5) is 22.0 Å². The molecule has 0 radical (unpaired) electrons. The molecule has 6 nitrogen and oxygen atoms in total. The Balaban J connectivity index is 2.22. The third-order valence-corrected chi connectivity index (χ3v) is 5.71. The molecule has 33 heavy (non-hydrogen) atoms. The average Bonchev–Trinajstić information content (AvgIpc) is 2.72. The fourth-order valence-electron chi connectivity index (χ4n) is 2.95. The molecular formula is C21H23F5N2O4S. The molecule has 0 aliphatic rings. The number of rotatable bonds is 10. The summed E-state index contributed by atoms with van der Waals surface area (Å²) < 4.78 is 94.1. The van der Waals surface area contributed by atoms with Crippen molar-refractivity contribution in [2.75, 3.05) is 12.9 Å². The summed E-state index contributed by atoms with van der Waals surface area (Å²) in [6, 6.07) is 8.50. The predicted molar refractivity (Wildman–Crippen MR) is 111 cm³/mol. The minimum atomic E-state index is -4.69. The van der Waals surface area contributed by atoms with Crippen LogP contribution in [0.1, 0.15) is 37.6 Å². The fraction of sp³-hybridized carbons (Fsp3) is 0.429. The molecule has 1 atom stereocenters. The summed E-state index contributed by atoms with van der Waals surface area (Å²) in [5.41, 5.74) is -0.956. The van der Waals surface area contributed by atoms with Gasteiger partial charge in [0.25, 0.3) is 5.91 Å². The Kier molecular flexibility index (Phi) is 8.18. The Bertz CT molecular complexity index is 1060. The third kappa shape index (κ3) is 6.70. The van der Waals surface area contributed by atoms with Crippen molar-refractivity contribution < 1.29 is 39.9 Å². The van der Waals surface area contributed by atoms with Crippen LogP contribution in [0.25, 0.3) is 11.1 Å². The summed E-state index contributed by atoms with van der Waals surface area (Å²) in [7, 11) is -4.69. The number of hydrogen-bond acceptors (Lipinski definition) is 5. The van der Waals surface area contributed by atoms with Gasteiger partial charge in [0, 0.05) is 24.4 Å². The van der Waals surface area contributed by atoms with Gasteiger partial charge in [-0.2, -0.15) is 17.6 Å². The van der Waals surface area contributed by atoms with Gasteiger partial charge in [-0.05, 0) is 31.0 Å². The predicted octanol–water partition coefficient (Wildman–Crippen LogP) is 4.38. The van der Waals surface area contributed by atoms with E-state index in [1.807, 2.05) is 5.32 Å². The molecule has 182 valence electrons. The van der Waals surface area contributed by atoms with Crippen molar-refractivity contribution in [3.8, 4) is 11.1 Å². The Morgan fingerprint density at radius 2 is 1.67 bits per heavy atom. The van der Waals surface area contributed by atoms with Crippen molar-refractivity contribution in [3.63, 3.8) is 0 Å². The first-order valence-electron chi connectivity index (χ1n) is 9.66. The van der Waals surface area contributed by atoms with Gasteiger partial charge in [-0.1, -0.05) is 30.3 Å². The number of pyridine rings is 1. The van der Waals surface area contributed by atoms with Crippen LogP contribution < -0.4 is 5.32 Å². The fourth-order valence-corrected chi connectivity index (χ4v) is 3.45. The molecule has 12 heteroatoms. The van der Waals surface area contributed by atoms with Crippen LogP contribution in [0.5, 0.6) is 0 Å². The van der Waals surface area contributed by atoms with Gasteiger partial charge in [0.1, 0.15) is 11.4 Å². The summed E-state index contributed by atoms with van der Waals surface area (Å²) in [5.74, 6) is -1.52. The van der Waals surface area contributed by atoms with Crippen LogP contribution in [-0.2, 0) is 24.6 Å². The lowest BCUT2D eigenvalue weighted by molar-refractivity contribution is -0.148. The second kappa shape index (κ2) is 10.1. The minimum Gasteiger partial charge on any atom is -0.348 e. The van der Waals surface area contributed by atoms with E-state index in [1.165, 1.54) is 19.9 Å². The first kappa shape index (κ1) is 26.7. The number of halogens is 5. The number of nitrogens with one attached hydrogen (secondary N) is 1. The highest BCUT2D eigenvalue weighted by Gasteiger charge is 2.44. The van der Waals surface area contributed by atoms with E-state index in [4.69, 9.17) is 4.74 Å². The lowest BCUT2D eigenvalue weighted by Crippen LogP contribution is -2.48. The Labute approximate surface area is 188 Å². The van der Waals surface area contributed by atoms with Crippen molar-refractivity contribution in [2.45, 2.75) is 43.8 Å². The normalized spacial score (nSPS) is 13.7. The number of carbonyl (C=O) groups is 1. The molecule has 0 fully saturated rings. The number of amides is 1. The smallest absolute Gasteiger partial charge is 0.348 e. The van der Waals surface area contributed by atoms with Crippen molar-refractivity contribution >= 4 is 15.7 Å². The van der Waals surface area contributed by atoms with Crippen LogP contribution in [-0.4, -0.2) is 44.4 Å². The molecule has 2 aromatic rings. The van der Waals surface area contributed by atoms with Crippen LogP contribution in [0, 0.1) is 0 Å². The zero-order valence-electron chi connectivity index (χ0n) is 18.0. The van der Waals surface area contributed by atoms with Gasteiger partial charge in [-0.15, -0.1) is 0 Å². The van der Waals surface area contributed by atoms with Gasteiger partial charge in [0.05, 0.1) is 12.8 Å². The summed E-state index contributed by atoms with van der Waals surface area (Å²) in [6.07, 6.45) is -2.70. The molecule has 1 aromatic carbocycles. The third-order valence-electron chi connectivity index (χ3n) is 4.57. The Morgan fingerprint density at radius 1 is 1.09 bits per heavy atom. The van der Waals surface area contributed by atoms with Gasteiger partial charge in [0.15, 0.2) is 0 Å². The van der Waals surface area contributed by atoms with Gasteiger partial charge in [-0.3, -0.25) is 14.2 Å². The number of aromatic nitrogens is 1. The van der Waals surface area contributed by atoms with E-state index in [1.54, 1.807) is 24.3 Å². The van der Waals surface area contributed by atoms with Gasteiger partial charge in [-0.25, -0.2) is 8.42 Å². The molecular weight excluding hydrogens is 471 g/mol. The molecule has 0 spiro atoms. The maximum Gasteiger partial charge on any atom is 0.386 e. The van der Waals surface area contributed by atoms with E-state index in [0.29, 0.717) is 22.9 Å². The second-order valence-corrected chi connectivity index (χ2v) is 9.78. The van der Waals surface area contributed by atoms with E-state index in [9.17, 15) is 35.2 Å². The lowest BCUT2D eigenvalue weighted by atomic mass is 10.0. The van der Waals surface area contributed by atoms with Gasteiger partial charge >= 0.3 is 11.7 Å². The van der Waals surface area contributed by atoms with Crippen molar-refractivity contribution in [2.24, 2.45) is 0 Å². The molecule has 0 aliphatic carbocycles. The standard InChI is InChI=1S/C21H23F5N2O4S/c1-20(2,28-19(29)18(23)24)32-16(10-11-22)14-6-4-13(5-7-14)15-8-9-17(27-12-15)21(25,26)33(3,30)31/h4-9,12,16,18H,10-11H2,1-3H3,(H,28,29). The number of hydrogen-bond donors (Lipinski definition) is 1. The van der Waals surface area contributed by atoms with Crippen molar-refractivity contribution in [3.05, 3.63) is 53.9 Å². The zero-order chi connectivity index (χ0) is 25.0. The number of ether oxygens (including phenoxy) is 1. The molecule has 1 aromatic heterocycles. The summed E-state index contributed by atoms with van der Waals surface area (Å²) in [4.78, 5) is 14.8. The average molecular weight is 494 g/mol. The molecule has 0 saturated heterocycles. The summed E-state index contributed by atoms with van der Waals surface area (Å²) >= 11 is 0. The lowest BCUT2D eigenvalue weighted by Gasteiger charge is -2.31. The molecule has 0 bridgehead atoms. The highest BCUT2D eigenvalue weighted by Crippen LogP contribution is 2.33. The molecule has 0 saturated carbocycles. The second-order valence-electron chi connectivity index (χ2n) is 7.73. The summed E-state index contributed by atoms with van der Waals surface area (Å²) in [5, 5.41) is -2.09. The first-order valence-corrected chi connectivity index (χ1v) is 11.6. The van der Waals surface area contributed by atoms with Crippen LogP contribution in [0.3, 0.4) is 0 Å². The van der Waals surface area contributed by atoms with Crippen LogP contribution >= 0.6 is 0 Å². The zero-order valence-corrected chi connectivity index (χ0v) is 18.8. The van der Waals surface area contributed by atoms with E-state index in [0.717, 1.165) is 12.3 Å². The molecule has 2 rings (SSSR count). The van der Waals surface area contributed by atoms with E-state index in [-0.39, 0.29) is 6.42 Å². The quantitative estimate of drug-likeness (QED) is 0.392. The van der Waals surface area contributed by atoms with Gasteiger partial charge in [0.2, 0.25) is 9.84 Å². The van der Waals surface area contributed by atoms with E-state index in [2.05, 4.69) is 4.98 Å². The van der Waals surface area contributed by atoms with Crippen molar-refractivity contribution in [1.82, 2.24) is 10.3 Å². The minimum absolute atomic E-state index is 0.107. The number of alkyl halides is 5. The van der Waals surface area contributed by atoms with Crippen LogP contribution in [0.15, 0.2) is 42.6 Å². The summed E-state index contributed by atoms with van der Waals surface area (Å²) in [6.45, 7) is 1.93. The molecule has 1 N–H and O–H groups in total. The number of carbonyl (C=O) groups excluding carboxylic acids is 1. The van der Waals surface area contributed by atoms with E-state index < -0.39 is 51.6 Å². The van der Waals surface area contributed by atoms with E-state index >= 15 is 0 Å².